The van der Waals surface area contributed by atoms with Gasteiger partial charge >= 0.3 is 0 Å². The SMILES string of the molecule is COc1ccc(OC)c(CN2CCN(C(=O)c3ccc(C)cc3)CC2)c1. The van der Waals surface area contributed by atoms with Crippen LogP contribution in [0.5, 0.6) is 11.5 Å². The second-order valence-electron chi connectivity index (χ2n) is 6.61. The quantitative estimate of drug-likeness (QED) is 0.828. The van der Waals surface area contributed by atoms with Gasteiger partial charge in [-0.25, -0.2) is 0 Å². The topological polar surface area (TPSA) is 42.0 Å². The van der Waals surface area contributed by atoms with Crippen LogP contribution in [-0.4, -0.2) is 56.1 Å². The number of carbonyl (C=O) groups is 1. The summed E-state index contributed by atoms with van der Waals surface area (Å²) in [6.45, 7) is 5.97. The number of carbonyl (C=O) groups excluding carboxylic acids is 1. The number of ether oxygens (including phenoxy) is 2. The van der Waals surface area contributed by atoms with Gasteiger partial charge in [-0.15, -0.1) is 0 Å². The molecule has 2 aromatic rings. The van der Waals surface area contributed by atoms with Crippen molar-refractivity contribution in [3.05, 3.63) is 59.2 Å². The maximum Gasteiger partial charge on any atom is 0.253 e. The van der Waals surface area contributed by atoms with E-state index in [9.17, 15) is 4.79 Å². The monoisotopic (exact) mass is 354 g/mol. The molecular weight excluding hydrogens is 328 g/mol. The molecule has 0 aromatic heterocycles. The van der Waals surface area contributed by atoms with E-state index in [1.54, 1.807) is 14.2 Å². The van der Waals surface area contributed by atoms with Crippen molar-refractivity contribution in [1.29, 1.82) is 0 Å². The third kappa shape index (κ3) is 4.17. The van der Waals surface area contributed by atoms with E-state index in [1.807, 2.05) is 54.3 Å². The molecule has 0 aliphatic carbocycles. The molecule has 0 spiro atoms. The third-order valence-corrected chi connectivity index (χ3v) is 4.84. The van der Waals surface area contributed by atoms with E-state index in [0.29, 0.717) is 0 Å². The summed E-state index contributed by atoms with van der Waals surface area (Å²) in [6, 6.07) is 13.6. The van der Waals surface area contributed by atoms with Crippen LogP contribution >= 0.6 is 0 Å². The Balaban J connectivity index is 1.60. The molecule has 1 aliphatic heterocycles. The summed E-state index contributed by atoms with van der Waals surface area (Å²) in [5.74, 6) is 1.81. The van der Waals surface area contributed by atoms with Gasteiger partial charge in [0.25, 0.3) is 5.91 Å². The molecule has 1 aliphatic rings. The van der Waals surface area contributed by atoms with Gasteiger partial charge in [-0.05, 0) is 37.3 Å². The Morgan fingerprint density at radius 1 is 0.962 bits per heavy atom. The predicted molar refractivity (Wildman–Crippen MR) is 102 cm³/mol. The van der Waals surface area contributed by atoms with E-state index in [4.69, 9.17) is 9.47 Å². The zero-order chi connectivity index (χ0) is 18.5. The Labute approximate surface area is 155 Å². The molecule has 5 heteroatoms. The maximum absolute atomic E-state index is 12.6. The number of hydrogen-bond acceptors (Lipinski definition) is 4. The van der Waals surface area contributed by atoms with Gasteiger partial charge in [0.05, 0.1) is 14.2 Å². The first-order valence-electron chi connectivity index (χ1n) is 8.90. The van der Waals surface area contributed by atoms with Crippen LogP contribution in [0.15, 0.2) is 42.5 Å². The summed E-state index contributed by atoms with van der Waals surface area (Å²) in [6.07, 6.45) is 0. The maximum atomic E-state index is 12.6. The van der Waals surface area contributed by atoms with Crippen molar-refractivity contribution in [2.24, 2.45) is 0 Å². The minimum atomic E-state index is 0.114. The van der Waals surface area contributed by atoms with Crippen LogP contribution in [0.2, 0.25) is 0 Å². The lowest BCUT2D eigenvalue weighted by Gasteiger charge is -2.35. The lowest BCUT2D eigenvalue weighted by atomic mass is 10.1. The molecule has 1 fully saturated rings. The van der Waals surface area contributed by atoms with Crippen molar-refractivity contribution in [3.63, 3.8) is 0 Å². The second kappa shape index (κ2) is 8.23. The van der Waals surface area contributed by atoms with Gasteiger partial charge in [0, 0.05) is 43.9 Å². The van der Waals surface area contributed by atoms with Crippen molar-refractivity contribution in [1.82, 2.24) is 9.80 Å². The van der Waals surface area contributed by atoms with Crippen LogP contribution in [0.1, 0.15) is 21.5 Å². The molecule has 138 valence electrons. The third-order valence-electron chi connectivity index (χ3n) is 4.84. The van der Waals surface area contributed by atoms with Gasteiger partial charge in [-0.3, -0.25) is 9.69 Å². The number of benzene rings is 2. The Kier molecular flexibility index (Phi) is 5.78. The van der Waals surface area contributed by atoms with E-state index in [0.717, 1.165) is 55.3 Å². The Morgan fingerprint density at radius 3 is 2.27 bits per heavy atom. The lowest BCUT2D eigenvalue weighted by Crippen LogP contribution is -2.48. The summed E-state index contributed by atoms with van der Waals surface area (Å²) in [5, 5.41) is 0. The smallest absolute Gasteiger partial charge is 0.253 e. The minimum Gasteiger partial charge on any atom is -0.497 e. The van der Waals surface area contributed by atoms with E-state index >= 15 is 0 Å². The summed E-state index contributed by atoms with van der Waals surface area (Å²) in [4.78, 5) is 16.9. The van der Waals surface area contributed by atoms with Gasteiger partial charge in [0.15, 0.2) is 0 Å². The first-order valence-corrected chi connectivity index (χ1v) is 8.90. The summed E-state index contributed by atoms with van der Waals surface area (Å²) >= 11 is 0. The molecule has 0 atom stereocenters. The average molecular weight is 354 g/mol. The molecule has 0 unspecified atom stereocenters. The molecular formula is C21H26N2O3. The fourth-order valence-electron chi connectivity index (χ4n) is 3.23. The molecule has 0 saturated carbocycles. The first kappa shape index (κ1) is 18.3. The molecule has 1 heterocycles. The molecule has 0 bridgehead atoms. The van der Waals surface area contributed by atoms with Gasteiger partial charge in [0.2, 0.25) is 0 Å². The molecule has 26 heavy (non-hydrogen) atoms. The average Bonchev–Trinajstić information content (AvgIpc) is 2.68. The normalized spacial score (nSPS) is 15.0. The molecule has 2 aromatic carbocycles. The van der Waals surface area contributed by atoms with Gasteiger partial charge in [0.1, 0.15) is 11.5 Å². The lowest BCUT2D eigenvalue weighted by molar-refractivity contribution is 0.0627. The Bertz CT molecular complexity index is 750. The number of hydrogen-bond donors (Lipinski definition) is 0. The molecule has 1 amide bonds. The number of piperazine rings is 1. The Hall–Kier alpha value is -2.53. The van der Waals surface area contributed by atoms with Crippen molar-refractivity contribution in [2.75, 3.05) is 40.4 Å². The largest absolute Gasteiger partial charge is 0.497 e. The summed E-state index contributed by atoms with van der Waals surface area (Å²) in [5.41, 5.74) is 3.03. The second-order valence-corrected chi connectivity index (χ2v) is 6.61. The van der Waals surface area contributed by atoms with Gasteiger partial charge in [-0.1, -0.05) is 17.7 Å². The molecule has 1 saturated heterocycles. The van der Waals surface area contributed by atoms with Crippen LogP contribution in [-0.2, 0) is 6.54 Å². The number of amides is 1. The van der Waals surface area contributed by atoms with Crippen LogP contribution in [0, 0.1) is 6.92 Å². The van der Waals surface area contributed by atoms with Crippen molar-refractivity contribution in [3.8, 4) is 11.5 Å². The van der Waals surface area contributed by atoms with Crippen molar-refractivity contribution < 1.29 is 14.3 Å². The highest BCUT2D eigenvalue weighted by molar-refractivity contribution is 5.94. The van der Waals surface area contributed by atoms with E-state index in [-0.39, 0.29) is 5.91 Å². The number of rotatable bonds is 5. The number of methoxy groups -OCH3 is 2. The zero-order valence-corrected chi connectivity index (χ0v) is 15.7. The number of aryl methyl sites for hydroxylation is 1. The molecule has 0 radical (unpaired) electrons. The fourth-order valence-corrected chi connectivity index (χ4v) is 3.23. The standard InChI is InChI=1S/C21H26N2O3/c1-16-4-6-17(7-5-16)21(24)23-12-10-22(11-13-23)15-18-14-19(25-2)8-9-20(18)26-3/h4-9,14H,10-13,15H2,1-3H3. The van der Waals surface area contributed by atoms with E-state index in [1.165, 1.54) is 5.56 Å². The predicted octanol–water partition coefficient (Wildman–Crippen LogP) is 2.97. The fraction of sp³-hybridized carbons (Fsp3) is 0.381. The summed E-state index contributed by atoms with van der Waals surface area (Å²) in [7, 11) is 3.35. The molecule has 0 N–H and O–H groups in total. The van der Waals surface area contributed by atoms with Crippen molar-refractivity contribution >= 4 is 5.91 Å². The summed E-state index contributed by atoms with van der Waals surface area (Å²) < 4.78 is 10.8. The first-order chi connectivity index (χ1) is 12.6. The van der Waals surface area contributed by atoms with Crippen LogP contribution in [0.4, 0.5) is 0 Å². The van der Waals surface area contributed by atoms with Crippen LogP contribution < -0.4 is 9.47 Å². The van der Waals surface area contributed by atoms with E-state index < -0.39 is 0 Å². The Morgan fingerprint density at radius 2 is 1.65 bits per heavy atom. The molecule has 5 nitrogen and oxygen atoms in total. The molecule has 3 rings (SSSR count). The highest BCUT2D eigenvalue weighted by Gasteiger charge is 2.22. The van der Waals surface area contributed by atoms with Gasteiger partial charge in [-0.2, -0.15) is 0 Å². The number of nitrogens with zero attached hydrogens (tertiary/aromatic N) is 2. The minimum absolute atomic E-state index is 0.114. The van der Waals surface area contributed by atoms with Crippen molar-refractivity contribution in [2.45, 2.75) is 13.5 Å². The highest BCUT2D eigenvalue weighted by Crippen LogP contribution is 2.25. The zero-order valence-electron chi connectivity index (χ0n) is 15.7. The van der Waals surface area contributed by atoms with Crippen LogP contribution in [0.25, 0.3) is 0 Å². The van der Waals surface area contributed by atoms with Crippen LogP contribution in [0.3, 0.4) is 0 Å². The highest BCUT2D eigenvalue weighted by atomic mass is 16.5. The van der Waals surface area contributed by atoms with Gasteiger partial charge < -0.3 is 14.4 Å². The van der Waals surface area contributed by atoms with E-state index in [2.05, 4.69) is 4.90 Å².